The van der Waals surface area contributed by atoms with Crippen LogP contribution in [-0.2, 0) is 4.74 Å². The number of benzene rings is 1. The Morgan fingerprint density at radius 1 is 1.15 bits per heavy atom. The second kappa shape index (κ2) is 7.50. The molecule has 0 unspecified atom stereocenters. The van der Waals surface area contributed by atoms with E-state index in [0.717, 1.165) is 18.7 Å². The second-order valence-electron chi connectivity index (χ2n) is 4.52. The van der Waals surface area contributed by atoms with E-state index >= 15 is 0 Å². The molecule has 0 spiro atoms. The third kappa shape index (κ3) is 3.96. The van der Waals surface area contributed by atoms with Gasteiger partial charge in [0.25, 0.3) is 0 Å². The highest BCUT2D eigenvalue weighted by Crippen LogP contribution is 2.10. The van der Waals surface area contributed by atoms with Gasteiger partial charge in [0.1, 0.15) is 6.61 Å². The van der Waals surface area contributed by atoms with Crippen molar-refractivity contribution in [2.45, 2.75) is 13.3 Å². The summed E-state index contributed by atoms with van der Waals surface area (Å²) in [6, 6.07) is 11.3. The molecule has 2 rings (SSSR count). The van der Waals surface area contributed by atoms with Gasteiger partial charge in [0.05, 0.1) is 5.56 Å². The molecule has 106 valence electrons. The Kier molecular flexibility index (Phi) is 5.38. The Balaban J connectivity index is 1.85. The van der Waals surface area contributed by atoms with E-state index in [1.165, 1.54) is 0 Å². The molecule has 20 heavy (non-hydrogen) atoms. The Labute approximate surface area is 119 Å². The average Bonchev–Trinajstić information content (AvgIpc) is 3.01. The summed E-state index contributed by atoms with van der Waals surface area (Å²) in [5.41, 5.74) is 1.60. The quantitative estimate of drug-likeness (QED) is 0.622. The molecule has 1 heterocycles. The summed E-state index contributed by atoms with van der Waals surface area (Å²) >= 11 is 0. The van der Waals surface area contributed by atoms with Gasteiger partial charge in [-0.15, -0.1) is 0 Å². The van der Waals surface area contributed by atoms with Crippen LogP contribution >= 0.6 is 0 Å². The number of ether oxygens (including phenoxy) is 1. The summed E-state index contributed by atoms with van der Waals surface area (Å²) in [6.45, 7) is 4.15. The van der Waals surface area contributed by atoms with Gasteiger partial charge in [-0.3, -0.25) is 0 Å². The minimum atomic E-state index is -0.276. The smallest absolute Gasteiger partial charge is 0.338 e. The highest BCUT2D eigenvalue weighted by molar-refractivity contribution is 5.89. The molecule has 1 aromatic carbocycles. The molecular formula is C16H20N2O2. The SMILES string of the molecule is CCCNCCOC(=O)c1ccc(-n2cccc2)cc1. The normalized spacial score (nSPS) is 10.4. The molecule has 0 radical (unpaired) electrons. The number of aromatic nitrogens is 1. The largest absolute Gasteiger partial charge is 0.461 e. The van der Waals surface area contributed by atoms with Crippen LogP contribution in [0.5, 0.6) is 0 Å². The molecule has 0 aliphatic heterocycles. The summed E-state index contributed by atoms with van der Waals surface area (Å²) in [4.78, 5) is 11.8. The van der Waals surface area contributed by atoms with Crippen LogP contribution in [0.1, 0.15) is 23.7 Å². The first-order chi connectivity index (χ1) is 9.81. The predicted octanol–water partition coefficient (Wildman–Crippen LogP) is 2.63. The van der Waals surface area contributed by atoms with Crippen molar-refractivity contribution in [1.82, 2.24) is 9.88 Å². The van der Waals surface area contributed by atoms with Crippen LogP contribution in [0.4, 0.5) is 0 Å². The standard InChI is InChI=1S/C16H20N2O2/c1-2-9-17-10-13-20-16(19)14-5-7-15(8-6-14)18-11-3-4-12-18/h3-8,11-12,17H,2,9-10,13H2,1H3. The lowest BCUT2D eigenvalue weighted by Gasteiger charge is -2.07. The Morgan fingerprint density at radius 3 is 2.50 bits per heavy atom. The monoisotopic (exact) mass is 272 g/mol. The molecule has 0 saturated carbocycles. The van der Waals surface area contributed by atoms with E-state index < -0.39 is 0 Å². The van der Waals surface area contributed by atoms with E-state index in [9.17, 15) is 4.79 Å². The van der Waals surface area contributed by atoms with Gasteiger partial charge >= 0.3 is 5.97 Å². The number of hydrogen-bond acceptors (Lipinski definition) is 3. The Hall–Kier alpha value is -2.07. The maximum Gasteiger partial charge on any atom is 0.338 e. The highest BCUT2D eigenvalue weighted by atomic mass is 16.5. The molecule has 4 heteroatoms. The van der Waals surface area contributed by atoms with Crippen molar-refractivity contribution >= 4 is 5.97 Å². The lowest BCUT2D eigenvalue weighted by molar-refractivity contribution is 0.0509. The van der Waals surface area contributed by atoms with Crippen molar-refractivity contribution in [2.24, 2.45) is 0 Å². The van der Waals surface area contributed by atoms with Crippen LogP contribution in [0, 0.1) is 0 Å². The van der Waals surface area contributed by atoms with Gasteiger partial charge in [-0.05, 0) is 49.4 Å². The molecule has 0 fully saturated rings. The molecule has 2 aromatic rings. The molecule has 0 aliphatic carbocycles. The number of rotatable bonds is 7. The van der Waals surface area contributed by atoms with E-state index in [1.54, 1.807) is 12.1 Å². The van der Waals surface area contributed by atoms with Gasteiger partial charge < -0.3 is 14.6 Å². The number of nitrogens with zero attached hydrogens (tertiary/aromatic N) is 1. The van der Waals surface area contributed by atoms with E-state index in [1.807, 2.05) is 41.2 Å². The number of carbonyl (C=O) groups is 1. The predicted molar refractivity (Wildman–Crippen MR) is 79.2 cm³/mol. The van der Waals surface area contributed by atoms with Crippen molar-refractivity contribution in [1.29, 1.82) is 0 Å². The molecule has 0 bridgehead atoms. The first-order valence-electron chi connectivity index (χ1n) is 6.92. The zero-order valence-corrected chi connectivity index (χ0v) is 11.7. The van der Waals surface area contributed by atoms with Crippen molar-refractivity contribution in [3.05, 3.63) is 54.4 Å². The molecule has 0 atom stereocenters. The van der Waals surface area contributed by atoms with Crippen molar-refractivity contribution < 1.29 is 9.53 Å². The second-order valence-corrected chi connectivity index (χ2v) is 4.52. The third-order valence-corrected chi connectivity index (χ3v) is 2.94. The molecule has 0 saturated heterocycles. The van der Waals surface area contributed by atoms with Crippen LogP contribution < -0.4 is 5.32 Å². The maximum absolute atomic E-state index is 11.8. The molecule has 0 aliphatic rings. The average molecular weight is 272 g/mol. The van der Waals surface area contributed by atoms with Gasteiger partial charge in [-0.1, -0.05) is 6.92 Å². The van der Waals surface area contributed by atoms with Gasteiger partial charge in [0.15, 0.2) is 0 Å². The first kappa shape index (κ1) is 14.3. The highest BCUT2D eigenvalue weighted by Gasteiger charge is 2.06. The molecule has 4 nitrogen and oxygen atoms in total. The van der Waals surface area contributed by atoms with Crippen LogP contribution in [0.3, 0.4) is 0 Å². The van der Waals surface area contributed by atoms with Crippen LogP contribution in [0.25, 0.3) is 5.69 Å². The zero-order chi connectivity index (χ0) is 14.2. The van der Waals surface area contributed by atoms with Gasteiger partial charge in [0, 0.05) is 24.6 Å². The summed E-state index contributed by atoms with van der Waals surface area (Å²) in [5, 5.41) is 3.19. The fraction of sp³-hybridized carbons (Fsp3) is 0.312. The fourth-order valence-electron chi connectivity index (χ4n) is 1.88. The van der Waals surface area contributed by atoms with Crippen molar-refractivity contribution in [2.75, 3.05) is 19.7 Å². The molecular weight excluding hydrogens is 252 g/mol. The van der Waals surface area contributed by atoms with Gasteiger partial charge in [-0.2, -0.15) is 0 Å². The fourth-order valence-corrected chi connectivity index (χ4v) is 1.88. The van der Waals surface area contributed by atoms with Crippen LogP contribution in [-0.4, -0.2) is 30.2 Å². The van der Waals surface area contributed by atoms with E-state index in [2.05, 4.69) is 12.2 Å². The number of hydrogen-bond donors (Lipinski definition) is 1. The summed E-state index contributed by atoms with van der Waals surface area (Å²) < 4.78 is 7.19. The minimum Gasteiger partial charge on any atom is -0.461 e. The van der Waals surface area contributed by atoms with Gasteiger partial charge in [0.2, 0.25) is 0 Å². The molecule has 1 N–H and O–H groups in total. The molecule has 0 amide bonds. The van der Waals surface area contributed by atoms with Crippen molar-refractivity contribution in [3.63, 3.8) is 0 Å². The minimum absolute atomic E-state index is 0.276. The van der Waals surface area contributed by atoms with Crippen LogP contribution in [0.2, 0.25) is 0 Å². The molecule has 1 aromatic heterocycles. The number of esters is 1. The summed E-state index contributed by atoms with van der Waals surface area (Å²) in [7, 11) is 0. The topological polar surface area (TPSA) is 43.3 Å². The number of carbonyl (C=O) groups excluding carboxylic acids is 1. The van der Waals surface area contributed by atoms with E-state index in [-0.39, 0.29) is 5.97 Å². The van der Waals surface area contributed by atoms with E-state index in [0.29, 0.717) is 18.7 Å². The van der Waals surface area contributed by atoms with Gasteiger partial charge in [-0.25, -0.2) is 4.79 Å². The Bertz CT molecular complexity index is 518. The summed E-state index contributed by atoms with van der Waals surface area (Å²) in [5.74, 6) is -0.276. The Morgan fingerprint density at radius 2 is 1.85 bits per heavy atom. The maximum atomic E-state index is 11.8. The first-order valence-corrected chi connectivity index (χ1v) is 6.92. The number of nitrogens with one attached hydrogen (secondary N) is 1. The lowest BCUT2D eigenvalue weighted by Crippen LogP contribution is -2.22. The third-order valence-electron chi connectivity index (χ3n) is 2.94. The summed E-state index contributed by atoms with van der Waals surface area (Å²) in [6.07, 6.45) is 5.01. The lowest BCUT2D eigenvalue weighted by atomic mass is 10.2. The zero-order valence-electron chi connectivity index (χ0n) is 11.7. The van der Waals surface area contributed by atoms with E-state index in [4.69, 9.17) is 4.74 Å². The van der Waals surface area contributed by atoms with Crippen molar-refractivity contribution in [3.8, 4) is 5.69 Å². The van der Waals surface area contributed by atoms with Crippen LogP contribution in [0.15, 0.2) is 48.8 Å².